The fourth-order valence-corrected chi connectivity index (χ4v) is 2.18. The van der Waals surface area contributed by atoms with Gasteiger partial charge in [-0.3, -0.25) is 4.79 Å². The van der Waals surface area contributed by atoms with E-state index in [2.05, 4.69) is 18.3 Å². The number of hydrogen-bond acceptors (Lipinski definition) is 2. The second-order valence-corrected chi connectivity index (χ2v) is 6.08. The topological polar surface area (TPSA) is 55.1 Å². The highest BCUT2D eigenvalue weighted by atomic mass is 16.2. The normalized spacial score (nSPS) is 13.1. The minimum Gasteiger partial charge on any atom is -0.351 e. The van der Waals surface area contributed by atoms with Gasteiger partial charge in [-0.1, -0.05) is 24.3 Å². The largest absolute Gasteiger partial charge is 0.351 e. The summed E-state index contributed by atoms with van der Waals surface area (Å²) in [6, 6.07) is 8.08. The SMILES string of the molecule is Cc1ccccc1C(CCCN)C(=O)NC(C)(C)C. The van der Waals surface area contributed by atoms with Gasteiger partial charge in [0.15, 0.2) is 0 Å². The molecule has 1 atom stereocenters. The number of nitrogens with two attached hydrogens (primary N) is 1. The van der Waals surface area contributed by atoms with Crippen LogP contribution in [0.25, 0.3) is 0 Å². The molecule has 0 aliphatic rings. The van der Waals surface area contributed by atoms with Gasteiger partial charge < -0.3 is 11.1 Å². The average molecular weight is 262 g/mol. The van der Waals surface area contributed by atoms with Crippen LogP contribution in [0.4, 0.5) is 0 Å². The van der Waals surface area contributed by atoms with E-state index in [9.17, 15) is 4.79 Å². The lowest BCUT2D eigenvalue weighted by atomic mass is 9.89. The summed E-state index contributed by atoms with van der Waals surface area (Å²) in [6.07, 6.45) is 1.65. The molecule has 1 aromatic rings. The summed E-state index contributed by atoms with van der Waals surface area (Å²) in [7, 11) is 0. The van der Waals surface area contributed by atoms with E-state index in [0.29, 0.717) is 6.54 Å². The van der Waals surface area contributed by atoms with Crippen molar-refractivity contribution in [2.24, 2.45) is 5.73 Å². The zero-order valence-corrected chi connectivity index (χ0v) is 12.5. The third kappa shape index (κ3) is 5.03. The fourth-order valence-electron chi connectivity index (χ4n) is 2.18. The van der Waals surface area contributed by atoms with Gasteiger partial charge in [0.1, 0.15) is 0 Å². The van der Waals surface area contributed by atoms with Crippen molar-refractivity contribution < 1.29 is 4.79 Å². The highest BCUT2D eigenvalue weighted by Crippen LogP contribution is 2.25. The molecule has 0 bridgehead atoms. The molecule has 0 saturated heterocycles. The van der Waals surface area contributed by atoms with E-state index in [1.54, 1.807) is 0 Å². The molecule has 0 aliphatic heterocycles. The second-order valence-electron chi connectivity index (χ2n) is 6.08. The van der Waals surface area contributed by atoms with Crippen molar-refractivity contribution in [1.29, 1.82) is 0 Å². The number of carbonyl (C=O) groups is 1. The molecule has 0 heterocycles. The molecule has 0 aliphatic carbocycles. The van der Waals surface area contributed by atoms with Crippen LogP contribution in [-0.4, -0.2) is 18.0 Å². The Balaban J connectivity index is 2.95. The molecule has 0 fully saturated rings. The Kier molecular flexibility index (Phi) is 5.55. The van der Waals surface area contributed by atoms with Crippen LogP contribution in [-0.2, 0) is 4.79 Å². The van der Waals surface area contributed by atoms with E-state index in [1.165, 1.54) is 0 Å². The highest BCUT2D eigenvalue weighted by molar-refractivity contribution is 5.84. The van der Waals surface area contributed by atoms with Gasteiger partial charge in [0.25, 0.3) is 0 Å². The Morgan fingerprint density at radius 1 is 1.32 bits per heavy atom. The summed E-state index contributed by atoms with van der Waals surface area (Å²) in [6.45, 7) is 8.68. The molecule has 0 radical (unpaired) electrons. The predicted molar refractivity (Wildman–Crippen MR) is 80.1 cm³/mol. The molecule has 0 aromatic heterocycles. The van der Waals surface area contributed by atoms with Crippen molar-refractivity contribution in [1.82, 2.24) is 5.32 Å². The summed E-state index contributed by atoms with van der Waals surface area (Å²) < 4.78 is 0. The molecular formula is C16H26N2O. The van der Waals surface area contributed by atoms with Crippen LogP contribution in [0.1, 0.15) is 50.7 Å². The van der Waals surface area contributed by atoms with Crippen LogP contribution in [0.15, 0.2) is 24.3 Å². The Bertz CT molecular complexity index is 421. The molecular weight excluding hydrogens is 236 g/mol. The zero-order valence-electron chi connectivity index (χ0n) is 12.5. The van der Waals surface area contributed by atoms with Crippen LogP contribution >= 0.6 is 0 Å². The molecule has 1 rings (SSSR count). The first-order chi connectivity index (χ1) is 8.85. The fraction of sp³-hybridized carbons (Fsp3) is 0.562. The van der Waals surface area contributed by atoms with E-state index < -0.39 is 0 Å². The Morgan fingerprint density at radius 2 is 1.95 bits per heavy atom. The van der Waals surface area contributed by atoms with Gasteiger partial charge in [-0.05, 0) is 58.2 Å². The molecule has 0 saturated carbocycles. The van der Waals surface area contributed by atoms with Crippen molar-refractivity contribution in [2.45, 2.75) is 52.0 Å². The number of rotatable bonds is 5. The molecule has 3 heteroatoms. The summed E-state index contributed by atoms with van der Waals surface area (Å²) in [4.78, 5) is 12.5. The zero-order chi connectivity index (χ0) is 14.5. The Hall–Kier alpha value is -1.35. The van der Waals surface area contributed by atoms with E-state index in [0.717, 1.165) is 24.0 Å². The number of benzene rings is 1. The van der Waals surface area contributed by atoms with Crippen molar-refractivity contribution in [3.63, 3.8) is 0 Å². The minimum atomic E-state index is -0.208. The van der Waals surface area contributed by atoms with E-state index in [1.807, 2.05) is 39.0 Å². The molecule has 19 heavy (non-hydrogen) atoms. The molecule has 1 amide bonds. The standard InChI is InChI=1S/C16H26N2O/c1-12-8-5-6-9-13(12)14(10-7-11-17)15(19)18-16(2,3)4/h5-6,8-9,14H,7,10-11,17H2,1-4H3,(H,18,19). The summed E-state index contributed by atoms with van der Waals surface area (Å²) in [5.41, 5.74) is 7.65. The lowest BCUT2D eigenvalue weighted by Crippen LogP contribution is -2.43. The van der Waals surface area contributed by atoms with Crippen molar-refractivity contribution in [3.8, 4) is 0 Å². The lowest BCUT2D eigenvalue weighted by molar-refractivity contribution is -0.124. The summed E-state index contributed by atoms with van der Waals surface area (Å²) in [5, 5.41) is 3.07. The quantitative estimate of drug-likeness (QED) is 0.857. The third-order valence-electron chi connectivity index (χ3n) is 3.08. The molecule has 0 spiro atoms. The van der Waals surface area contributed by atoms with Crippen molar-refractivity contribution >= 4 is 5.91 Å². The lowest BCUT2D eigenvalue weighted by Gasteiger charge is -2.26. The van der Waals surface area contributed by atoms with Crippen molar-refractivity contribution in [3.05, 3.63) is 35.4 Å². The smallest absolute Gasteiger partial charge is 0.227 e. The maximum atomic E-state index is 12.5. The van der Waals surface area contributed by atoms with Gasteiger partial charge in [0, 0.05) is 5.54 Å². The first-order valence-corrected chi connectivity index (χ1v) is 6.93. The van der Waals surface area contributed by atoms with Gasteiger partial charge in [0.2, 0.25) is 5.91 Å². The number of amides is 1. The molecule has 3 N–H and O–H groups in total. The van der Waals surface area contributed by atoms with E-state index in [4.69, 9.17) is 5.73 Å². The second kappa shape index (κ2) is 6.71. The number of aryl methyl sites for hydroxylation is 1. The molecule has 106 valence electrons. The van der Waals surface area contributed by atoms with Crippen LogP contribution in [0.2, 0.25) is 0 Å². The number of carbonyl (C=O) groups excluding carboxylic acids is 1. The maximum absolute atomic E-state index is 12.5. The maximum Gasteiger partial charge on any atom is 0.227 e. The van der Waals surface area contributed by atoms with Crippen LogP contribution in [0.3, 0.4) is 0 Å². The average Bonchev–Trinajstić information content (AvgIpc) is 2.29. The summed E-state index contributed by atoms with van der Waals surface area (Å²) in [5.74, 6) is -0.0146. The Labute approximate surface area is 116 Å². The van der Waals surface area contributed by atoms with Crippen LogP contribution in [0.5, 0.6) is 0 Å². The van der Waals surface area contributed by atoms with Crippen molar-refractivity contribution in [2.75, 3.05) is 6.54 Å². The van der Waals surface area contributed by atoms with Gasteiger partial charge in [-0.25, -0.2) is 0 Å². The molecule has 1 unspecified atom stereocenters. The predicted octanol–water partition coefficient (Wildman–Crippen LogP) is 2.73. The monoisotopic (exact) mass is 262 g/mol. The van der Waals surface area contributed by atoms with Crippen LogP contribution < -0.4 is 11.1 Å². The van der Waals surface area contributed by atoms with Crippen LogP contribution in [0, 0.1) is 6.92 Å². The van der Waals surface area contributed by atoms with E-state index in [-0.39, 0.29) is 17.4 Å². The van der Waals surface area contributed by atoms with Gasteiger partial charge >= 0.3 is 0 Å². The van der Waals surface area contributed by atoms with Gasteiger partial charge in [-0.15, -0.1) is 0 Å². The minimum absolute atomic E-state index is 0.0928. The number of hydrogen-bond donors (Lipinski definition) is 2. The Morgan fingerprint density at radius 3 is 2.47 bits per heavy atom. The third-order valence-corrected chi connectivity index (χ3v) is 3.08. The van der Waals surface area contributed by atoms with Gasteiger partial charge in [0.05, 0.1) is 5.92 Å². The molecule has 1 aromatic carbocycles. The first-order valence-electron chi connectivity index (χ1n) is 6.93. The molecule has 3 nitrogen and oxygen atoms in total. The number of nitrogens with one attached hydrogen (secondary N) is 1. The highest BCUT2D eigenvalue weighted by Gasteiger charge is 2.24. The van der Waals surface area contributed by atoms with Gasteiger partial charge in [-0.2, -0.15) is 0 Å². The van der Waals surface area contributed by atoms with E-state index >= 15 is 0 Å². The summed E-state index contributed by atoms with van der Waals surface area (Å²) >= 11 is 0. The first kappa shape index (κ1) is 15.7.